The second-order valence-electron chi connectivity index (χ2n) is 4.47. The first kappa shape index (κ1) is 15.6. The van der Waals surface area contributed by atoms with Crippen LogP contribution in [0.3, 0.4) is 0 Å². The largest absolute Gasteiger partial charge is 0.337 e. The van der Waals surface area contributed by atoms with E-state index in [1.165, 1.54) is 20.4 Å². The van der Waals surface area contributed by atoms with Gasteiger partial charge in [-0.15, -0.1) is 0 Å². The van der Waals surface area contributed by atoms with E-state index < -0.39 is 7.60 Å². The van der Waals surface area contributed by atoms with Crippen LogP contribution in [0.1, 0.15) is 15.9 Å². The first-order valence-corrected chi connectivity index (χ1v) is 8.09. The number of ketones is 1. The predicted octanol–water partition coefficient (Wildman–Crippen LogP) is 2.60. The van der Waals surface area contributed by atoms with Gasteiger partial charge in [0, 0.05) is 20.4 Å². The molecule has 0 aliphatic rings. The highest BCUT2D eigenvalue weighted by molar-refractivity contribution is 7.54. The number of rotatable bonds is 7. The van der Waals surface area contributed by atoms with Gasteiger partial charge in [0.25, 0.3) is 0 Å². The Bertz CT molecular complexity index is 646. The van der Waals surface area contributed by atoms with E-state index in [9.17, 15) is 9.36 Å². The molecule has 0 spiro atoms. The van der Waals surface area contributed by atoms with Crippen LogP contribution in [0.4, 0.5) is 0 Å². The fourth-order valence-electron chi connectivity index (χ4n) is 1.84. The van der Waals surface area contributed by atoms with Crippen molar-refractivity contribution in [1.29, 1.82) is 0 Å². The van der Waals surface area contributed by atoms with Crippen LogP contribution in [0.2, 0.25) is 0 Å². The minimum atomic E-state index is -3.35. The molecule has 1 heterocycles. The predicted molar refractivity (Wildman–Crippen MR) is 78.6 cm³/mol. The summed E-state index contributed by atoms with van der Waals surface area (Å²) in [6.45, 7) is 0.570. The number of aromatic nitrogens is 2. The smallest absolute Gasteiger partial charge is 0.312 e. The lowest BCUT2D eigenvalue weighted by Gasteiger charge is -2.11. The molecule has 21 heavy (non-hydrogen) atoms. The minimum absolute atomic E-state index is 0.295. The average molecular weight is 308 g/mol. The van der Waals surface area contributed by atoms with Crippen molar-refractivity contribution in [1.82, 2.24) is 9.78 Å². The number of nitrogens with zero attached hydrogens (tertiary/aromatic N) is 2. The summed E-state index contributed by atoms with van der Waals surface area (Å²) in [5, 5.41) is 4.14. The summed E-state index contributed by atoms with van der Waals surface area (Å²) < 4.78 is 23.1. The third-order valence-corrected chi connectivity index (χ3v) is 4.82. The molecule has 2 aromatic rings. The fraction of sp³-hybridized carbons (Fsp3) is 0.286. The molecular weight excluding hydrogens is 291 g/mol. The molecule has 0 N–H and O–H groups in total. The average Bonchev–Trinajstić information content (AvgIpc) is 2.97. The summed E-state index contributed by atoms with van der Waals surface area (Å²) in [6.07, 6.45) is 2.79. The normalized spacial score (nSPS) is 11.5. The molecule has 0 unspecified atom stereocenters. The first-order chi connectivity index (χ1) is 10.1. The molecule has 1 aromatic heterocycles. The standard InChI is InChI=1S/C14H17N2O4P/c1-19-21(18,20-2)11-14(17)13-8-15-16(10-13)9-12-6-4-3-5-7-12/h3-8,10H,9,11H2,1-2H3. The van der Waals surface area contributed by atoms with Crippen molar-refractivity contribution in [3.05, 3.63) is 53.9 Å². The van der Waals surface area contributed by atoms with Gasteiger partial charge in [-0.1, -0.05) is 30.3 Å². The highest BCUT2D eigenvalue weighted by atomic mass is 31.2. The van der Waals surface area contributed by atoms with Crippen LogP contribution in [0.25, 0.3) is 0 Å². The van der Waals surface area contributed by atoms with Gasteiger partial charge in [-0.2, -0.15) is 5.10 Å². The van der Waals surface area contributed by atoms with Crippen LogP contribution in [0, 0.1) is 0 Å². The van der Waals surface area contributed by atoms with Crippen molar-refractivity contribution >= 4 is 13.4 Å². The quantitative estimate of drug-likeness (QED) is 0.581. The molecule has 0 aliphatic carbocycles. The maximum atomic E-state index is 12.1. The Morgan fingerprint density at radius 3 is 2.52 bits per heavy atom. The van der Waals surface area contributed by atoms with Crippen molar-refractivity contribution < 1.29 is 18.4 Å². The van der Waals surface area contributed by atoms with Crippen molar-refractivity contribution in [3.63, 3.8) is 0 Å². The molecule has 2 rings (SSSR count). The van der Waals surface area contributed by atoms with Gasteiger partial charge >= 0.3 is 7.60 Å². The van der Waals surface area contributed by atoms with Crippen molar-refractivity contribution in [2.24, 2.45) is 0 Å². The maximum absolute atomic E-state index is 12.1. The molecule has 0 saturated carbocycles. The molecular formula is C14H17N2O4P. The topological polar surface area (TPSA) is 70.4 Å². The highest BCUT2D eigenvalue weighted by Crippen LogP contribution is 2.46. The Hall–Kier alpha value is -1.75. The monoisotopic (exact) mass is 308 g/mol. The number of carbonyl (C=O) groups excluding carboxylic acids is 1. The van der Waals surface area contributed by atoms with Gasteiger partial charge in [0.15, 0.2) is 5.78 Å². The van der Waals surface area contributed by atoms with Crippen LogP contribution in [-0.2, 0) is 20.2 Å². The molecule has 7 heteroatoms. The van der Waals surface area contributed by atoms with Crippen LogP contribution < -0.4 is 0 Å². The molecule has 6 nitrogen and oxygen atoms in total. The van der Waals surface area contributed by atoms with E-state index in [1.807, 2.05) is 30.3 Å². The zero-order valence-electron chi connectivity index (χ0n) is 11.9. The van der Waals surface area contributed by atoms with Gasteiger partial charge in [-0.25, -0.2) is 0 Å². The van der Waals surface area contributed by atoms with E-state index in [1.54, 1.807) is 10.9 Å². The van der Waals surface area contributed by atoms with Crippen LogP contribution in [0.15, 0.2) is 42.7 Å². The van der Waals surface area contributed by atoms with E-state index in [2.05, 4.69) is 5.10 Å². The Morgan fingerprint density at radius 1 is 1.24 bits per heavy atom. The second-order valence-corrected chi connectivity index (χ2v) is 6.74. The van der Waals surface area contributed by atoms with Gasteiger partial charge in [-0.05, 0) is 5.56 Å². The van der Waals surface area contributed by atoms with Crippen LogP contribution in [-0.4, -0.2) is 35.9 Å². The van der Waals surface area contributed by atoms with E-state index in [4.69, 9.17) is 9.05 Å². The van der Waals surface area contributed by atoms with Gasteiger partial charge in [0.2, 0.25) is 0 Å². The van der Waals surface area contributed by atoms with Crippen molar-refractivity contribution in [2.45, 2.75) is 6.54 Å². The summed E-state index contributed by atoms with van der Waals surface area (Å²) in [5.74, 6) is -0.318. The number of hydrogen-bond acceptors (Lipinski definition) is 5. The maximum Gasteiger partial charge on any atom is 0.337 e. The first-order valence-electron chi connectivity index (χ1n) is 6.36. The second kappa shape index (κ2) is 6.80. The highest BCUT2D eigenvalue weighted by Gasteiger charge is 2.26. The summed E-state index contributed by atoms with van der Waals surface area (Å²) >= 11 is 0. The van der Waals surface area contributed by atoms with Gasteiger partial charge in [0.1, 0.15) is 6.16 Å². The zero-order chi connectivity index (χ0) is 15.3. The van der Waals surface area contributed by atoms with Gasteiger partial charge in [0.05, 0.1) is 18.3 Å². The van der Waals surface area contributed by atoms with Crippen molar-refractivity contribution in [2.75, 3.05) is 20.4 Å². The van der Waals surface area contributed by atoms with Gasteiger partial charge in [-0.3, -0.25) is 14.0 Å². The van der Waals surface area contributed by atoms with Crippen molar-refractivity contribution in [3.8, 4) is 0 Å². The molecule has 0 aliphatic heterocycles. The molecule has 0 fully saturated rings. The Balaban J connectivity index is 2.06. The number of carbonyl (C=O) groups is 1. The Morgan fingerprint density at radius 2 is 1.90 bits per heavy atom. The van der Waals surface area contributed by atoms with Crippen LogP contribution in [0.5, 0.6) is 0 Å². The lowest BCUT2D eigenvalue weighted by atomic mass is 10.2. The third-order valence-electron chi connectivity index (χ3n) is 3.04. The van der Waals surface area contributed by atoms with E-state index in [0.29, 0.717) is 12.1 Å². The summed E-state index contributed by atoms with van der Waals surface area (Å²) in [5.41, 5.74) is 1.47. The SMILES string of the molecule is COP(=O)(CC(=O)c1cnn(Cc2ccccc2)c1)OC. The fourth-order valence-corrected chi connectivity index (χ4v) is 2.78. The Labute approximate surface area is 123 Å². The van der Waals surface area contributed by atoms with E-state index in [-0.39, 0.29) is 11.9 Å². The van der Waals surface area contributed by atoms with E-state index in [0.717, 1.165) is 5.56 Å². The zero-order valence-corrected chi connectivity index (χ0v) is 12.8. The summed E-state index contributed by atoms with van der Waals surface area (Å²) in [4.78, 5) is 12.1. The molecule has 1 aromatic carbocycles. The number of Topliss-reactive ketones (excluding diaryl/α,β-unsaturated/α-hetero) is 1. The summed E-state index contributed by atoms with van der Waals surface area (Å²) in [7, 11) is -0.826. The Kier molecular flexibility index (Phi) is 5.07. The number of benzene rings is 1. The van der Waals surface area contributed by atoms with Gasteiger partial charge < -0.3 is 9.05 Å². The lowest BCUT2D eigenvalue weighted by Crippen LogP contribution is -2.07. The number of hydrogen-bond donors (Lipinski definition) is 0. The van der Waals surface area contributed by atoms with E-state index >= 15 is 0 Å². The third kappa shape index (κ3) is 4.11. The molecule has 112 valence electrons. The molecule has 0 amide bonds. The molecule has 0 bridgehead atoms. The molecule has 0 atom stereocenters. The molecule has 0 saturated heterocycles. The lowest BCUT2D eigenvalue weighted by molar-refractivity contribution is 0.101. The minimum Gasteiger partial charge on any atom is -0.312 e. The summed E-state index contributed by atoms with van der Waals surface area (Å²) in [6, 6.07) is 9.78. The van der Waals surface area contributed by atoms with Crippen LogP contribution >= 0.6 is 7.60 Å². The molecule has 0 radical (unpaired) electrons.